The van der Waals surface area contributed by atoms with Crippen LogP contribution in [0.25, 0.3) is 0 Å². The Balaban J connectivity index is 2.35. The molecule has 2 aromatic rings. The Labute approximate surface area is 134 Å². The van der Waals surface area contributed by atoms with Crippen molar-refractivity contribution < 1.29 is 8.42 Å². The van der Waals surface area contributed by atoms with E-state index in [4.69, 9.17) is 23.2 Å². The lowest BCUT2D eigenvalue weighted by Gasteiger charge is -2.25. The van der Waals surface area contributed by atoms with E-state index in [1.165, 1.54) is 18.2 Å². The zero-order valence-electron chi connectivity index (χ0n) is 11.5. The molecule has 2 rings (SSSR count). The second-order valence-electron chi connectivity index (χ2n) is 5.02. The summed E-state index contributed by atoms with van der Waals surface area (Å²) in [5, 5.41) is 0.495. The molecule has 112 valence electrons. The van der Waals surface area contributed by atoms with Gasteiger partial charge >= 0.3 is 0 Å². The average molecular weight is 345 g/mol. The minimum Gasteiger partial charge on any atom is -0.259 e. The Morgan fingerprint density at radius 2 is 1.81 bits per heavy atom. The quantitative estimate of drug-likeness (QED) is 0.921. The topological polar surface area (TPSA) is 59.1 Å². The monoisotopic (exact) mass is 344 g/mol. The largest absolute Gasteiger partial charge is 0.259 e. The van der Waals surface area contributed by atoms with Crippen LogP contribution in [-0.2, 0) is 15.6 Å². The van der Waals surface area contributed by atoms with Crippen molar-refractivity contribution in [2.24, 2.45) is 0 Å². The van der Waals surface area contributed by atoms with E-state index in [-0.39, 0.29) is 9.92 Å². The lowest BCUT2D eigenvalue weighted by molar-refractivity contribution is 0.460. The standard InChI is InChI=1S/C14H14Cl2N2O2S/c1-14(2,13-5-3-4-8-17-13)18-21(19,20)10-6-7-11(15)12(16)9-10/h3-9,18H,1-2H3. The van der Waals surface area contributed by atoms with Gasteiger partial charge in [-0.05, 0) is 44.2 Å². The smallest absolute Gasteiger partial charge is 0.241 e. The van der Waals surface area contributed by atoms with Crippen LogP contribution in [0.3, 0.4) is 0 Å². The van der Waals surface area contributed by atoms with Gasteiger partial charge in [-0.1, -0.05) is 29.3 Å². The van der Waals surface area contributed by atoms with Crippen LogP contribution in [0.15, 0.2) is 47.5 Å². The van der Waals surface area contributed by atoms with Crippen LogP contribution in [0.1, 0.15) is 19.5 Å². The number of rotatable bonds is 4. The van der Waals surface area contributed by atoms with Gasteiger partial charge in [0.2, 0.25) is 10.0 Å². The molecule has 0 aliphatic rings. The van der Waals surface area contributed by atoms with Crippen LogP contribution >= 0.6 is 23.2 Å². The van der Waals surface area contributed by atoms with E-state index in [1.807, 2.05) is 0 Å². The predicted molar refractivity (Wildman–Crippen MR) is 84.0 cm³/mol. The third kappa shape index (κ3) is 3.74. The van der Waals surface area contributed by atoms with Gasteiger partial charge in [-0.25, -0.2) is 8.42 Å². The first kappa shape index (κ1) is 16.2. The minimum atomic E-state index is -3.74. The summed E-state index contributed by atoms with van der Waals surface area (Å²) in [4.78, 5) is 4.24. The maximum absolute atomic E-state index is 12.4. The van der Waals surface area contributed by atoms with Gasteiger partial charge in [-0.2, -0.15) is 4.72 Å². The number of hydrogen-bond acceptors (Lipinski definition) is 3. The second-order valence-corrected chi connectivity index (χ2v) is 7.52. The van der Waals surface area contributed by atoms with Crippen molar-refractivity contribution in [3.8, 4) is 0 Å². The molecule has 0 saturated carbocycles. The van der Waals surface area contributed by atoms with Crippen LogP contribution in [0, 0.1) is 0 Å². The van der Waals surface area contributed by atoms with Crippen LogP contribution in [0.5, 0.6) is 0 Å². The first-order chi connectivity index (χ1) is 9.72. The van der Waals surface area contributed by atoms with Crippen LogP contribution in [-0.4, -0.2) is 13.4 Å². The van der Waals surface area contributed by atoms with Crippen molar-refractivity contribution in [3.63, 3.8) is 0 Å². The summed E-state index contributed by atoms with van der Waals surface area (Å²) >= 11 is 11.7. The van der Waals surface area contributed by atoms with Gasteiger partial charge < -0.3 is 0 Å². The number of pyridine rings is 1. The molecule has 0 radical (unpaired) electrons. The summed E-state index contributed by atoms with van der Waals surface area (Å²) in [6.07, 6.45) is 1.62. The molecule has 0 amide bonds. The number of halogens is 2. The first-order valence-electron chi connectivity index (χ1n) is 6.13. The summed E-state index contributed by atoms with van der Waals surface area (Å²) in [6, 6.07) is 9.51. The van der Waals surface area contributed by atoms with E-state index in [2.05, 4.69) is 9.71 Å². The number of hydrogen-bond donors (Lipinski definition) is 1. The summed E-state index contributed by atoms with van der Waals surface area (Å²) in [7, 11) is -3.74. The summed E-state index contributed by atoms with van der Waals surface area (Å²) in [5.41, 5.74) is -0.236. The van der Waals surface area contributed by atoms with E-state index in [0.717, 1.165) is 0 Å². The van der Waals surface area contributed by atoms with E-state index in [0.29, 0.717) is 10.7 Å². The van der Waals surface area contributed by atoms with Gasteiger partial charge in [0.05, 0.1) is 26.2 Å². The molecule has 1 aromatic heterocycles. The number of sulfonamides is 1. The van der Waals surface area contributed by atoms with Gasteiger partial charge in [0.15, 0.2) is 0 Å². The average Bonchev–Trinajstić information content (AvgIpc) is 2.41. The highest BCUT2D eigenvalue weighted by Crippen LogP contribution is 2.26. The Morgan fingerprint density at radius 1 is 1.10 bits per heavy atom. The Hall–Kier alpha value is -1.14. The van der Waals surface area contributed by atoms with Gasteiger partial charge in [0.25, 0.3) is 0 Å². The van der Waals surface area contributed by atoms with Crippen LogP contribution in [0.2, 0.25) is 10.0 Å². The van der Waals surface area contributed by atoms with E-state index in [9.17, 15) is 8.42 Å². The van der Waals surface area contributed by atoms with Gasteiger partial charge in [-0.3, -0.25) is 4.98 Å². The zero-order chi connectivity index (χ0) is 15.7. The summed E-state index contributed by atoms with van der Waals surface area (Å²) < 4.78 is 27.5. The van der Waals surface area contributed by atoms with Crippen molar-refractivity contribution in [2.75, 3.05) is 0 Å². The highest BCUT2D eigenvalue weighted by molar-refractivity contribution is 7.89. The molecule has 0 saturated heterocycles. The highest BCUT2D eigenvalue weighted by atomic mass is 35.5. The molecule has 7 heteroatoms. The lowest BCUT2D eigenvalue weighted by Crippen LogP contribution is -2.41. The van der Waals surface area contributed by atoms with Crippen molar-refractivity contribution in [1.82, 2.24) is 9.71 Å². The van der Waals surface area contributed by atoms with Crippen LogP contribution in [0.4, 0.5) is 0 Å². The Kier molecular flexibility index (Phi) is 4.58. The first-order valence-corrected chi connectivity index (χ1v) is 8.37. The molecular formula is C14H14Cl2N2O2S. The lowest BCUT2D eigenvalue weighted by atomic mass is 10.0. The fourth-order valence-electron chi connectivity index (χ4n) is 1.82. The maximum atomic E-state index is 12.4. The number of aromatic nitrogens is 1. The molecule has 0 fully saturated rings. The normalized spacial score (nSPS) is 12.4. The molecule has 1 N–H and O–H groups in total. The van der Waals surface area contributed by atoms with E-state index in [1.54, 1.807) is 38.2 Å². The van der Waals surface area contributed by atoms with Gasteiger partial charge in [-0.15, -0.1) is 0 Å². The second kappa shape index (κ2) is 5.93. The number of benzene rings is 1. The Morgan fingerprint density at radius 3 is 2.38 bits per heavy atom. The zero-order valence-corrected chi connectivity index (χ0v) is 13.8. The molecule has 0 aliphatic heterocycles. The molecule has 0 aliphatic carbocycles. The Bertz CT molecular complexity index is 747. The molecular weight excluding hydrogens is 331 g/mol. The minimum absolute atomic E-state index is 0.0564. The number of nitrogens with one attached hydrogen (secondary N) is 1. The molecule has 0 bridgehead atoms. The van der Waals surface area contributed by atoms with Gasteiger partial charge in [0, 0.05) is 6.20 Å². The molecule has 1 aromatic carbocycles. The van der Waals surface area contributed by atoms with Crippen molar-refractivity contribution >= 4 is 33.2 Å². The van der Waals surface area contributed by atoms with Crippen molar-refractivity contribution in [3.05, 3.63) is 58.3 Å². The molecule has 21 heavy (non-hydrogen) atoms. The van der Waals surface area contributed by atoms with Crippen molar-refractivity contribution in [2.45, 2.75) is 24.3 Å². The fraction of sp³-hybridized carbons (Fsp3) is 0.214. The molecule has 0 unspecified atom stereocenters. The predicted octanol–water partition coefficient (Wildman–Crippen LogP) is 3.60. The third-order valence-corrected chi connectivity index (χ3v) is 5.29. The van der Waals surface area contributed by atoms with Crippen molar-refractivity contribution in [1.29, 1.82) is 0 Å². The molecule has 0 spiro atoms. The van der Waals surface area contributed by atoms with Gasteiger partial charge in [0.1, 0.15) is 0 Å². The van der Waals surface area contributed by atoms with E-state index >= 15 is 0 Å². The maximum Gasteiger partial charge on any atom is 0.241 e. The number of nitrogens with zero attached hydrogens (tertiary/aromatic N) is 1. The third-order valence-electron chi connectivity index (χ3n) is 2.90. The molecule has 1 heterocycles. The molecule has 0 atom stereocenters. The summed E-state index contributed by atoms with van der Waals surface area (Å²) in [5.74, 6) is 0. The van der Waals surface area contributed by atoms with Crippen LogP contribution < -0.4 is 4.72 Å². The SMILES string of the molecule is CC(C)(NS(=O)(=O)c1ccc(Cl)c(Cl)c1)c1ccccn1. The summed E-state index contributed by atoms with van der Waals surface area (Å²) in [6.45, 7) is 3.48. The fourth-order valence-corrected chi connectivity index (χ4v) is 3.60. The van der Waals surface area contributed by atoms with E-state index < -0.39 is 15.6 Å². The molecule has 4 nitrogen and oxygen atoms in total. The highest BCUT2D eigenvalue weighted by Gasteiger charge is 2.29.